The third-order valence-corrected chi connectivity index (χ3v) is 8.92. The maximum atomic E-state index is 13.6. The molecule has 2 saturated heterocycles. The van der Waals surface area contributed by atoms with Gasteiger partial charge in [0, 0.05) is 44.6 Å². The van der Waals surface area contributed by atoms with E-state index in [2.05, 4.69) is 15.5 Å². The quantitative estimate of drug-likeness (QED) is 0.455. The van der Waals surface area contributed by atoms with Gasteiger partial charge in [0.05, 0.1) is 13.2 Å². The number of nitrogens with one attached hydrogen (secondary N) is 2. The van der Waals surface area contributed by atoms with Crippen molar-refractivity contribution in [3.8, 4) is 17.2 Å². The molecule has 0 saturated carbocycles. The third-order valence-electron chi connectivity index (χ3n) is 8.92. The zero-order valence-electron chi connectivity index (χ0n) is 26.3. The second kappa shape index (κ2) is 14.7. The summed E-state index contributed by atoms with van der Waals surface area (Å²) in [6, 6.07) is 20.5. The summed E-state index contributed by atoms with van der Waals surface area (Å²) in [4.78, 5) is 43.5. The summed E-state index contributed by atoms with van der Waals surface area (Å²) in [5.41, 5.74) is 3.71. The molecule has 0 unspecified atom stereocenters. The molecular weight excluding hydrogens is 584 g/mol. The zero-order chi connectivity index (χ0) is 31.9. The maximum absolute atomic E-state index is 13.6. The number of methoxy groups -OCH3 is 1. The lowest BCUT2D eigenvalue weighted by Gasteiger charge is -2.39. The van der Waals surface area contributed by atoms with Crippen LogP contribution >= 0.6 is 0 Å². The minimum absolute atomic E-state index is 0.0483. The molecule has 10 nitrogen and oxygen atoms in total. The number of ether oxygens (including phenoxy) is 3. The Hall–Kier alpha value is -4.57. The molecule has 3 amide bonds. The number of hydrogen-bond acceptors (Lipinski definition) is 7. The molecule has 6 aliphatic heterocycles. The molecule has 2 fully saturated rings. The van der Waals surface area contributed by atoms with Gasteiger partial charge in [0.2, 0.25) is 5.91 Å². The average molecular weight is 627 g/mol. The lowest BCUT2D eigenvalue weighted by molar-refractivity contribution is -0.125. The predicted octanol–water partition coefficient (Wildman–Crippen LogP) is 3.71. The van der Waals surface area contributed by atoms with E-state index in [0.717, 1.165) is 30.8 Å². The number of carbonyl (C=O) groups excluding carboxylic acids is 3. The van der Waals surface area contributed by atoms with Crippen LogP contribution in [0.3, 0.4) is 0 Å². The number of benzene rings is 3. The van der Waals surface area contributed by atoms with Crippen LogP contribution in [0.2, 0.25) is 0 Å². The van der Waals surface area contributed by atoms with Crippen molar-refractivity contribution in [1.82, 2.24) is 20.4 Å². The van der Waals surface area contributed by atoms with Gasteiger partial charge in [-0.05, 0) is 85.4 Å². The lowest BCUT2D eigenvalue weighted by Crippen LogP contribution is -2.58. The lowest BCUT2D eigenvalue weighted by atomic mass is 10.00. The molecule has 3 aromatic rings. The van der Waals surface area contributed by atoms with Crippen molar-refractivity contribution in [3.05, 3.63) is 89.0 Å². The Bertz CT molecular complexity index is 1520. The Morgan fingerprint density at radius 1 is 0.913 bits per heavy atom. The molecule has 2 N–H and O–H groups in total. The Kier molecular flexibility index (Phi) is 10.0. The molecule has 6 aliphatic rings. The predicted molar refractivity (Wildman–Crippen MR) is 173 cm³/mol. The number of hydrogen-bond donors (Lipinski definition) is 2. The van der Waals surface area contributed by atoms with Crippen molar-refractivity contribution in [2.75, 3.05) is 39.9 Å². The van der Waals surface area contributed by atoms with Crippen molar-refractivity contribution >= 4 is 17.7 Å². The maximum Gasteiger partial charge on any atom is 0.258 e. The second-order valence-corrected chi connectivity index (χ2v) is 12.2. The molecule has 4 bridgehead atoms. The molecule has 0 aromatic heterocycles. The summed E-state index contributed by atoms with van der Waals surface area (Å²) in [6.45, 7) is 4.12. The van der Waals surface area contributed by atoms with E-state index in [0.29, 0.717) is 61.7 Å². The van der Waals surface area contributed by atoms with E-state index < -0.39 is 6.04 Å². The highest BCUT2D eigenvalue weighted by atomic mass is 16.5. The molecule has 3 aromatic carbocycles. The van der Waals surface area contributed by atoms with Gasteiger partial charge in [-0.15, -0.1) is 0 Å². The Labute approximate surface area is 270 Å². The summed E-state index contributed by atoms with van der Waals surface area (Å²) in [6.07, 6.45) is 3.54. The van der Waals surface area contributed by atoms with Crippen LogP contribution in [0.4, 0.5) is 0 Å². The standard InChI is InChI=1S/C36H42N4O6/c1-44-33-20-25-8-14-32(33)45-24-35(42)38-30-23-40(36(43)28-10-4-27(5-11-28)22-39-17-2-3-18-39)19-16-31(30)46-29-12-6-26(7-13-29)21-37-34(41)15-9-25/h4-8,10-14,20,30-31H,2-3,9,15-19,21-24H2,1H3,(H,37,41)(H,38,42)/t30-,31-/m1/s1. The fraction of sp³-hybridized carbons (Fsp3) is 0.417. The minimum atomic E-state index is -0.461. The molecule has 242 valence electrons. The molecule has 2 atom stereocenters. The van der Waals surface area contributed by atoms with Gasteiger partial charge in [-0.3, -0.25) is 19.3 Å². The normalized spacial score (nSPS) is 21.0. The van der Waals surface area contributed by atoms with E-state index >= 15 is 0 Å². The number of amides is 3. The van der Waals surface area contributed by atoms with Crippen LogP contribution < -0.4 is 24.8 Å². The number of aryl methyl sites for hydroxylation is 1. The minimum Gasteiger partial charge on any atom is -0.493 e. The molecule has 10 heteroatoms. The van der Waals surface area contributed by atoms with E-state index in [4.69, 9.17) is 14.2 Å². The van der Waals surface area contributed by atoms with Gasteiger partial charge in [0.1, 0.15) is 11.9 Å². The van der Waals surface area contributed by atoms with E-state index in [1.807, 2.05) is 60.7 Å². The van der Waals surface area contributed by atoms with Gasteiger partial charge >= 0.3 is 0 Å². The van der Waals surface area contributed by atoms with E-state index in [9.17, 15) is 14.4 Å². The Morgan fingerprint density at radius 2 is 1.67 bits per heavy atom. The van der Waals surface area contributed by atoms with E-state index in [1.165, 1.54) is 18.4 Å². The van der Waals surface area contributed by atoms with Crippen LogP contribution in [-0.2, 0) is 29.1 Å². The Morgan fingerprint density at radius 3 is 2.43 bits per heavy atom. The van der Waals surface area contributed by atoms with Crippen LogP contribution in [0.1, 0.15) is 52.7 Å². The van der Waals surface area contributed by atoms with Crippen LogP contribution in [-0.4, -0.2) is 79.6 Å². The topological polar surface area (TPSA) is 109 Å². The van der Waals surface area contributed by atoms with Crippen LogP contribution in [0.5, 0.6) is 17.2 Å². The third kappa shape index (κ3) is 7.98. The molecule has 46 heavy (non-hydrogen) atoms. The van der Waals surface area contributed by atoms with Gasteiger partial charge in [-0.2, -0.15) is 0 Å². The number of likely N-dealkylation sites (tertiary alicyclic amines) is 2. The summed E-state index contributed by atoms with van der Waals surface area (Å²) in [5.74, 6) is 1.13. The summed E-state index contributed by atoms with van der Waals surface area (Å²) in [5, 5.41) is 6.05. The van der Waals surface area contributed by atoms with Crippen molar-refractivity contribution in [2.24, 2.45) is 0 Å². The highest BCUT2D eigenvalue weighted by Gasteiger charge is 2.34. The fourth-order valence-electron chi connectivity index (χ4n) is 6.31. The van der Waals surface area contributed by atoms with Crippen LogP contribution in [0.25, 0.3) is 0 Å². The summed E-state index contributed by atoms with van der Waals surface area (Å²) < 4.78 is 17.7. The fourth-order valence-corrected chi connectivity index (χ4v) is 6.31. The molecule has 0 aliphatic carbocycles. The molecule has 0 spiro atoms. The largest absolute Gasteiger partial charge is 0.493 e. The van der Waals surface area contributed by atoms with Crippen molar-refractivity contribution < 1.29 is 28.6 Å². The number of rotatable bonds is 4. The van der Waals surface area contributed by atoms with Crippen molar-refractivity contribution in [2.45, 2.75) is 57.3 Å². The zero-order valence-corrected chi connectivity index (χ0v) is 26.3. The van der Waals surface area contributed by atoms with Crippen molar-refractivity contribution in [1.29, 1.82) is 0 Å². The first-order chi connectivity index (χ1) is 22.4. The molecular formula is C36H42N4O6. The average Bonchev–Trinajstić information content (AvgIpc) is 3.59. The van der Waals surface area contributed by atoms with Gasteiger partial charge in [-0.25, -0.2) is 0 Å². The number of carbonyl (C=O) groups is 3. The van der Waals surface area contributed by atoms with E-state index in [-0.39, 0.29) is 30.4 Å². The first-order valence-electron chi connectivity index (χ1n) is 16.2. The van der Waals surface area contributed by atoms with Crippen LogP contribution in [0, 0.1) is 0 Å². The summed E-state index contributed by atoms with van der Waals surface area (Å²) in [7, 11) is 1.54. The Balaban J connectivity index is 1.18. The highest BCUT2D eigenvalue weighted by Crippen LogP contribution is 2.29. The first kappa shape index (κ1) is 31.4. The van der Waals surface area contributed by atoms with Gasteiger partial charge in [0.15, 0.2) is 18.1 Å². The van der Waals surface area contributed by atoms with Gasteiger partial charge < -0.3 is 29.7 Å². The number of nitrogens with zero attached hydrogens (tertiary/aromatic N) is 2. The monoisotopic (exact) mass is 626 g/mol. The van der Waals surface area contributed by atoms with Crippen molar-refractivity contribution in [3.63, 3.8) is 0 Å². The van der Waals surface area contributed by atoms with Gasteiger partial charge in [-0.1, -0.05) is 30.3 Å². The number of piperidine rings is 1. The smallest absolute Gasteiger partial charge is 0.258 e. The molecule has 9 rings (SSSR count). The highest BCUT2D eigenvalue weighted by molar-refractivity contribution is 5.94. The summed E-state index contributed by atoms with van der Waals surface area (Å²) >= 11 is 0. The molecule has 0 radical (unpaired) electrons. The van der Waals surface area contributed by atoms with Crippen LogP contribution in [0.15, 0.2) is 66.7 Å². The molecule has 6 heterocycles. The SMILES string of the molecule is COc1cc2ccc1OCC(=O)N[C@@H]1CN(C(=O)c3ccc(CN4CCCC4)cc3)CC[C@H]1Oc1ccc(cc1)CNC(=O)CC2. The van der Waals surface area contributed by atoms with E-state index in [1.54, 1.807) is 18.1 Å². The second-order valence-electron chi connectivity index (χ2n) is 12.2. The first-order valence-corrected chi connectivity index (χ1v) is 16.2. The van der Waals surface area contributed by atoms with Gasteiger partial charge in [0.25, 0.3) is 11.8 Å².